The number of nitrogens with zero attached hydrogens (tertiary/aromatic N) is 1. The number of urea groups is 1. The lowest BCUT2D eigenvalue weighted by Gasteiger charge is -2.37. The summed E-state index contributed by atoms with van der Waals surface area (Å²) in [6.07, 6.45) is 0.424. The molecule has 7 heteroatoms. The number of hydrogen-bond donors (Lipinski definition) is 2. The van der Waals surface area contributed by atoms with Gasteiger partial charge in [-0.25, -0.2) is 4.79 Å². The molecule has 0 aromatic heterocycles. The van der Waals surface area contributed by atoms with E-state index >= 15 is 0 Å². The number of rotatable bonds is 7. The molecule has 0 saturated heterocycles. The molecule has 2 aromatic carbocycles. The number of hydrogen-bond acceptors (Lipinski definition) is 4. The van der Waals surface area contributed by atoms with Gasteiger partial charge in [-0.2, -0.15) is 0 Å². The minimum absolute atomic E-state index is 0.187. The van der Waals surface area contributed by atoms with Gasteiger partial charge in [0.1, 0.15) is 0 Å². The van der Waals surface area contributed by atoms with Crippen molar-refractivity contribution >= 4 is 17.7 Å². The zero-order chi connectivity index (χ0) is 21.7. The second-order valence-corrected chi connectivity index (χ2v) is 7.22. The van der Waals surface area contributed by atoms with Crippen LogP contribution in [0.3, 0.4) is 0 Å². The largest absolute Gasteiger partial charge is 0.490 e. The Bertz CT molecular complexity index is 911. The van der Waals surface area contributed by atoms with Gasteiger partial charge in [0.05, 0.1) is 25.7 Å². The molecule has 1 atom stereocenters. The smallest absolute Gasteiger partial charge is 0.322 e. The molecule has 2 amide bonds. The number of benzene rings is 2. The highest BCUT2D eigenvalue weighted by molar-refractivity contribution is 5.90. The van der Waals surface area contributed by atoms with Crippen molar-refractivity contribution in [3.63, 3.8) is 0 Å². The zero-order valence-electron chi connectivity index (χ0n) is 17.6. The van der Waals surface area contributed by atoms with Gasteiger partial charge in [0.2, 0.25) is 0 Å². The van der Waals surface area contributed by atoms with E-state index in [0.29, 0.717) is 43.4 Å². The third-order valence-electron chi connectivity index (χ3n) is 5.09. The summed E-state index contributed by atoms with van der Waals surface area (Å²) in [7, 11) is 0. The molecule has 0 radical (unpaired) electrons. The summed E-state index contributed by atoms with van der Waals surface area (Å²) in [5.74, 6) is 0.242. The normalized spacial score (nSPS) is 15.3. The van der Waals surface area contributed by atoms with E-state index in [1.54, 1.807) is 4.90 Å². The number of amides is 2. The van der Waals surface area contributed by atoms with Crippen LogP contribution in [0.25, 0.3) is 0 Å². The van der Waals surface area contributed by atoms with Crippen molar-refractivity contribution in [2.45, 2.75) is 39.7 Å². The topological polar surface area (TPSA) is 88.1 Å². The number of nitrogens with one attached hydrogen (secondary N) is 1. The molecule has 0 aliphatic carbocycles. The van der Waals surface area contributed by atoms with Crippen molar-refractivity contribution in [3.05, 3.63) is 53.1 Å². The Balaban J connectivity index is 1.93. The molecule has 1 aliphatic rings. The van der Waals surface area contributed by atoms with Crippen molar-refractivity contribution in [1.82, 2.24) is 4.90 Å². The first-order chi connectivity index (χ1) is 14.4. The van der Waals surface area contributed by atoms with E-state index in [1.165, 1.54) is 0 Å². The molecule has 1 aliphatic heterocycles. The highest BCUT2D eigenvalue weighted by Crippen LogP contribution is 2.40. The lowest BCUT2D eigenvalue weighted by molar-refractivity contribution is -0.138. The standard InChI is InChI=1S/C23H28N2O5/c1-4-29-20-12-16-10-11-25(23(28)24-17-8-6-15(3)7-9-17)19(14-22(26)27)18(16)13-21(20)30-5-2/h6-9,12-13,19H,4-5,10-11,14H2,1-3H3,(H,24,28)(H,26,27)/t19-/m0/s1. The van der Waals surface area contributed by atoms with Gasteiger partial charge < -0.3 is 24.8 Å². The average molecular weight is 412 g/mol. The fraction of sp³-hybridized carbons (Fsp3) is 0.391. The minimum atomic E-state index is -0.965. The number of aryl methyl sites for hydroxylation is 1. The van der Waals surface area contributed by atoms with Gasteiger partial charge in [0, 0.05) is 12.2 Å². The molecule has 0 bridgehead atoms. The van der Waals surface area contributed by atoms with Crippen LogP contribution in [-0.4, -0.2) is 41.8 Å². The second-order valence-electron chi connectivity index (χ2n) is 7.22. The summed E-state index contributed by atoms with van der Waals surface area (Å²) in [6.45, 7) is 7.14. The van der Waals surface area contributed by atoms with Crippen LogP contribution in [0.1, 0.15) is 43.0 Å². The molecule has 1 heterocycles. The Hall–Kier alpha value is -3.22. The van der Waals surface area contributed by atoms with E-state index < -0.39 is 12.0 Å². The minimum Gasteiger partial charge on any atom is -0.490 e. The zero-order valence-corrected chi connectivity index (χ0v) is 17.6. The lowest BCUT2D eigenvalue weighted by Crippen LogP contribution is -2.43. The fourth-order valence-corrected chi connectivity index (χ4v) is 3.71. The van der Waals surface area contributed by atoms with Gasteiger partial charge in [0.25, 0.3) is 0 Å². The van der Waals surface area contributed by atoms with E-state index in [2.05, 4.69) is 5.32 Å². The van der Waals surface area contributed by atoms with E-state index in [1.807, 2.05) is 57.2 Å². The number of ether oxygens (including phenoxy) is 2. The van der Waals surface area contributed by atoms with Crippen LogP contribution in [0.15, 0.2) is 36.4 Å². The molecule has 2 N–H and O–H groups in total. The van der Waals surface area contributed by atoms with Gasteiger partial charge in [0.15, 0.2) is 11.5 Å². The van der Waals surface area contributed by atoms with Crippen LogP contribution >= 0.6 is 0 Å². The molecular weight excluding hydrogens is 384 g/mol. The van der Waals surface area contributed by atoms with Crippen LogP contribution < -0.4 is 14.8 Å². The molecule has 160 valence electrons. The van der Waals surface area contributed by atoms with Crippen molar-refractivity contribution in [3.8, 4) is 11.5 Å². The molecular formula is C23H28N2O5. The SMILES string of the molecule is CCOc1cc2c(cc1OCC)[C@H](CC(=O)O)N(C(=O)Nc1ccc(C)cc1)CC2. The van der Waals surface area contributed by atoms with Gasteiger partial charge in [-0.1, -0.05) is 17.7 Å². The van der Waals surface area contributed by atoms with Crippen molar-refractivity contribution in [1.29, 1.82) is 0 Å². The Morgan fingerprint density at radius 3 is 2.33 bits per heavy atom. The van der Waals surface area contributed by atoms with Crippen LogP contribution in [0, 0.1) is 6.92 Å². The fourth-order valence-electron chi connectivity index (χ4n) is 3.71. The summed E-state index contributed by atoms with van der Waals surface area (Å²) < 4.78 is 11.4. The molecule has 30 heavy (non-hydrogen) atoms. The number of carbonyl (C=O) groups excluding carboxylic acids is 1. The summed E-state index contributed by atoms with van der Waals surface area (Å²) in [5.41, 5.74) is 3.53. The maximum absolute atomic E-state index is 13.0. The van der Waals surface area contributed by atoms with E-state index in [9.17, 15) is 14.7 Å². The molecule has 0 unspecified atom stereocenters. The number of anilines is 1. The molecule has 0 spiro atoms. The Morgan fingerprint density at radius 1 is 1.10 bits per heavy atom. The van der Waals surface area contributed by atoms with Crippen molar-refractivity contribution in [2.24, 2.45) is 0 Å². The van der Waals surface area contributed by atoms with Gasteiger partial charge in [-0.05, 0) is 62.6 Å². The summed E-state index contributed by atoms with van der Waals surface area (Å²) in [5, 5.41) is 12.4. The highest BCUT2D eigenvalue weighted by Gasteiger charge is 2.34. The molecule has 3 rings (SSSR count). The number of carboxylic acids is 1. The summed E-state index contributed by atoms with van der Waals surface area (Å²) in [4.78, 5) is 26.2. The third kappa shape index (κ3) is 4.84. The number of carboxylic acid groups (broad SMARTS) is 1. The number of fused-ring (bicyclic) bond motifs is 1. The Kier molecular flexibility index (Phi) is 6.82. The quantitative estimate of drug-likeness (QED) is 0.704. The average Bonchev–Trinajstić information content (AvgIpc) is 2.70. The van der Waals surface area contributed by atoms with E-state index in [-0.39, 0.29) is 12.5 Å². The number of carbonyl (C=O) groups is 2. The van der Waals surface area contributed by atoms with E-state index in [4.69, 9.17) is 9.47 Å². The van der Waals surface area contributed by atoms with Crippen molar-refractivity contribution < 1.29 is 24.2 Å². The molecule has 0 saturated carbocycles. The first-order valence-corrected chi connectivity index (χ1v) is 10.2. The van der Waals surface area contributed by atoms with Crippen LogP contribution in [0.2, 0.25) is 0 Å². The monoisotopic (exact) mass is 412 g/mol. The van der Waals surface area contributed by atoms with Gasteiger partial charge in [-0.3, -0.25) is 4.79 Å². The predicted molar refractivity (Wildman–Crippen MR) is 114 cm³/mol. The summed E-state index contributed by atoms with van der Waals surface area (Å²) in [6, 6.07) is 10.3. The van der Waals surface area contributed by atoms with Crippen LogP contribution in [0.4, 0.5) is 10.5 Å². The maximum atomic E-state index is 13.0. The first kappa shape index (κ1) is 21.5. The maximum Gasteiger partial charge on any atom is 0.322 e. The molecule has 2 aromatic rings. The highest BCUT2D eigenvalue weighted by atomic mass is 16.5. The molecule has 0 fully saturated rings. The Labute approximate surface area is 176 Å². The van der Waals surface area contributed by atoms with Gasteiger partial charge >= 0.3 is 12.0 Å². The van der Waals surface area contributed by atoms with E-state index in [0.717, 1.165) is 16.7 Å². The Morgan fingerprint density at radius 2 is 1.73 bits per heavy atom. The van der Waals surface area contributed by atoms with Crippen LogP contribution in [0.5, 0.6) is 11.5 Å². The first-order valence-electron chi connectivity index (χ1n) is 10.2. The second kappa shape index (κ2) is 9.52. The van der Waals surface area contributed by atoms with Gasteiger partial charge in [-0.15, -0.1) is 0 Å². The lowest BCUT2D eigenvalue weighted by atomic mass is 9.90. The summed E-state index contributed by atoms with van der Waals surface area (Å²) >= 11 is 0. The molecule has 7 nitrogen and oxygen atoms in total. The van der Waals surface area contributed by atoms with Crippen LogP contribution in [-0.2, 0) is 11.2 Å². The van der Waals surface area contributed by atoms with Crippen molar-refractivity contribution in [2.75, 3.05) is 25.1 Å². The third-order valence-corrected chi connectivity index (χ3v) is 5.09. The predicted octanol–water partition coefficient (Wildman–Crippen LogP) is 4.40. The number of aliphatic carboxylic acids is 1.